The van der Waals surface area contributed by atoms with Gasteiger partial charge in [0.05, 0.1) is 24.1 Å². The molecule has 2 rings (SSSR count). The predicted octanol–water partition coefficient (Wildman–Crippen LogP) is 4.60. The van der Waals surface area contributed by atoms with E-state index in [1.807, 2.05) is 13.0 Å². The molecule has 0 bridgehead atoms. The maximum atomic E-state index is 12.2. The highest BCUT2D eigenvalue weighted by Crippen LogP contribution is 2.26. The molecule has 1 aromatic carbocycles. The summed E-state index contributed by atoms with van der Waals surface area (Å²) in [6, 6.07) is 10.4. The van der Waals surface area contributed by atoms with Crippen LogP contribution in [0.5, 0.6) is 0 Å². The van der Waals surface area contributed by atoms with E-state index in [0.29, 0.717) is 17.9 Å². The number of aromatic nitrogens is 1. The molecule has 2 aromatic rings. The first-order chi connectivity index (χ1) is 11.0. The van der Waals surface area contributed by atoms with Gasteiger partial charge in [0.1, 0.15) is 0 Å². The van der Waals surface area contributed by atoms with Gasteiger partial charge in [0, 0.05) is 5.56 Å². The van der Waals surface area contributed by atoms with Crippen LogP contribution in [0.25, 0.3) is 11.3 Å². The Hall–Kier alpha value is -2.16. The summed E-state index contributed by atoms with van der Waals surface area (Å²) in [5, 5.41) is 0. The Labute approximate surface area is 138 Å². The van der Waals surface area contributed by atoms with Crippen LogP contribution in [0.4, 0.5) is 0 Å². The Bertz CT molecular complexity index is 688. The van der Waals surface area contributed by atoms with Gasteiger partial charge in [0.25, 0.3) is 0 Å². The fourth-order valence-corrected chi connectivity index (χ4v) is 2.74. The van der Waals surface area contributed by atoms with Crippen molar-refractivity contribution >= 4 is 5.97 Å². The molecule has 0 aliphatic rings. The summed E-state index contributed by atoms with van der Waals surface area (Å²) in [5.41, 5.74) is 5.69. The number of rotatable bonds is 5. The Balaban J connectivity index is 2.62. The van der Waals surface area contributed by atoms with Crippen molar-refractivity contribution in [1.29, 1.82) is 0 Å². The van der Waals surface area contributed by atoms with Gasteiger partial charge in [0.2, 0.25) is 0 Å². The van der Waals surface area contributed by atoms with Crippen molar-refractivity contribution in [3.8, 4) is 11.3 Å². The fourth-order valence-electron chi connectivity index (χ4n) is 2.74. The topological polar surface area (TPSA) is 39.2 Å². The maximum Gasteiger partial charge on any atom is 0.339 e. The molecule has 0 aliphatic heterocycles. The number of ether oxygens (including phenoxy) is 1. The van der Waals surface area contributed by atoms with Crippen LogP contribution in [0, 0.1) is 12.8 Å². The SMILES string of the molecule is CCc1nc(-c2ccc(C)cc2)cc(CC(C)C)c1C(=O)OC. The molecule has 0 spiro atoms. The Kier molecular flexibility index (Phi) is 5.54. The van der Waals surface area contributed by atoms with Crippen LogP contribution in [0.15, 0.2) is 30.3 Å². The summed E-state index contributed by atoms with van der Waals surface area (Å²) < 4.78 is 4.98. The lowest BCUT2D eigenvalue weighted by Gasteiger charge is -2.16. The van der Waals surface area contributed by atoms with Crippen LogP contribution in [-0.4, -0.2) is 18.1 Å². The molecule has 23 heavy (non-hydrogen) atoms. The van der Waals surface area contributed by atoms with Crippen molar-refractivity contribution in [1.82, 2.24) is 4.98 Å². The van der Waals surface area contributed by atoms with E-state index in [-0.39, 0.29) is 5.97 Å². The lowest BCUT2D eigenvalue weighted by atomic mass is 9.94. The van der Waals surface area contributed by atoms with E-state index in [4.69, 9.17) is 9.72 Å². The normalized spacial score (nSPS) is 10.9. The first kappa shape index (κ1) is 17.2. The van der Waals surface area contributed by atoms with Crippen LogP contribution in [0.2, 0.25) is 0 Å². The first-order valence-corrected chi connectivity index (χ1v) is 8.14. The average Bonchev–Trinajstić information content (AvgIpc) is 2.53. The monoisotopic (exact) mass is 311 g/mol. The minimum atomic E-state index is -0.291. The standard InChI is InChI=1S/C20H25NO2/c1-6-17-19(20(22)23-5)16(11-13(2)3)12-18(21-17)15-9-7-14(4)8-10-15/h7-10,12-13H,6,11H2,1-5H3. The number of nitrogens with zero attached hydrogens (tertiary/aromatic N) is 1. The van der Waals surface area contributed by atoms with E-state index in [2.05, 4.69) is 45.0 Å². The van der Waals surface area contributed by atoms with Crippen molar-refractivity contribution in [2.24, 2.45) is 5.92 Å². The summed E-state index contributed by atoms with van der Waals surface area (Å²) in [5.74, 6) is 0.164. The second-order valence-corrected chi connectivity index (χ2v) is 6.30. The summed E-state index contributed by atoms with van der Waals surface area (Å²) in [4.78, 5) is 17.0. The number of pyridine rings is 1. The van der Waals surface area contributed by atoms with Gasteiger partial charge in [-0.3, -0.25) is 4.98 Å². The summed E-state index contributed by atoms with van der Waals surface area (Å²) in [6.45, 7) is 8.39. The van der Waals surface area contributed by atoms with E-state index >= 15 is 0 Å². The predicted molar refractivity (Wildman–Crippen MR) is 93.7 cm³/mol. The van der Waals surface area contributed by atoms with E-state index in [9.17, 15) is 4.79 Å². The molecule has 0 radical (unpaired) electrons. The average molecular weight is 311 g/mol. The number of methoxy groups -OCH3 is 1. The number of aryl methyl sites for hydroxylation is 2. The molecule has 0 amide bonds. The van der Waals surface area contributed by atoms with E-state index in [0.717, 1.165) is 28.9 Å². The summed E-state index contributed by atoms with van der Waals surface area (Å²) in [6.07, 6.45) is 1.54. The van der Waals surface area contributed by atoms with E-state index in [1.165, 1.54) is 12.7 Å². The zero-order valence-corrected chi connectivity index (χ0v) is 14.6. The second kappa shape index (κ2) is 7.40. The number of esters is 1. The van der Waals surface area contributed by atoms with Crippen LogP contribution in [-0.2, 0) is 17.6 Å². The van der Waals surface area contributed by atoms with Crippen molar-refractivity contribution < 1.29 is 9.53 Å². The van der Waals surface area contributed by atoms with Crippen LogP contribution >= 0.6 is 0 Å². The molecular formula is C20H25NO2. The number of carbonyl (C=O) groups is 1. The van der Waals surface area contributed by atoms with E-state index in [1.54, 1.807) is 0 Å². The Morgan fingerprint density at radius 3 is 2.39 bits per heavy atom. The van der Waals surface area contributed by atoms with Gasteiger partial charge in [-0.2, -0.15) is 0 Å². The van der Waals surface area contributed by atoms with Crippen molar-refractivity contribution in [2.75, 3.05) is 7.11 Å². The summed E-state index contributed by atoms with van der Waals surface area (Å²) in [7, 11) is 1.43. The maximum absolute atomic E-state index is 12.2. The van der Waals surface area contributed by atoms with Gasteiger partial charge in [-0.05, 0) is 37.3 Å². The minimum Gasteiger partial charge on any atom is -0.465 e. The molecule has 0 saturated heterocycles. The number of hydrogen-bond donors (Lipinski definition) is 0. The van der Waals surface area contributed by atoms with Crippen LogP contribution in [0.3, 0.4) is 0 Å². The molecule has 0 atom stereocenters. The van der Waals surface area contributed by atoms with Gasteiger partial charge in [0.15, 0.2) is 0 Å². The molecule has 0 fully saturated rings. The zero-order chi connectivity index (χ0) is 17.0. The number of carbonyl (C=O) groups excluding carboxylic acids is 1. The molecule has 0 unspecified atom stereocenters. The molecule has 1 aromatic heterocycles. The van der Waals surface area contributed by atoms with Gasteiger partial charge in [-0.15, -0.1) is 0 Å². The molecule has 0 saturated carbocycles. The fraction of sp³-hybridized carbons (Fsp3) is 0.400. The lowest BCUT2D eigenvalue weighted by molar-refractivity contribution is 0.0597. The third kappa shape index (κ3) is 3.98. The quantitative estimate of drug-likeness (QED) is 0.757. The second-order valence-electron chi connectivity index (χ2n) is 6.30. The lowest BCUT2D eigenvalue weighted by Crippen LogP contribution is -2.13. The smallest absolute Gasteiger partial charge is 0.339 e. The zero-order valence-electron chi connectivity index (χ0n) is 14.6. The van der Waals surface area contributed by atoms with Crippen LogP contribution < -0.4 is 0 Å². The van der Waals surface area contributed by atoms with E-state index < -0.39 is 0 Å². The van der Waals surface area contributed by atoms with Crippen molar-refractivity contribution in [3.05, 3.63) is 52.7 Å². The molecule has 0 aliphatic carbocycles. The van der Waals surface area contributed by atoms with Gasteiger partial charge in [-0.25, -0.2) is 4.79 Å². The molecular weight excluding hydrogens is 286 g/mol. The Morgan fingerprint density at radius 2 is 1.87 bits per heavy atom. The first-order valence-electron chi connectivity index (χ1n) is 8.14. The summed E-state index contributed by atoms with van der Waals surface area (Å²) >= 11 is 0. The highest BCUT2D eigenvalue weighted by Gasteiger charge is 2.20. The van der Waals surface area contributed by atoms with Gasteiger partial charge < -0.3 is 4.74 Å². The third-order valence-electron chi connectivity index (χ3n) is 3.88. The highest BCUT2D eigenvalue weighted by atomic mass is 16.5. The Morgan fingerprint density at radius 1 is 1.22 bits per heavy atom. The molecule has 0 N–H and O–H groups in total. The van der Waals surface area contributed by atoms with Gasteiger partial charge >= 0.3 is 5.97 Å². The molecule has 1 heterocycles. The third-order valence-corrected chi connectivity index (χ3v) is 3.88. The molecule has 3 nitrogen and oxygen atoms in total. The molecule has 3 heteroatoms. The number of hydrogen-bond acceptors (Lipinski definition) is 3. The molecule has 122 valence electrons. The minimum absolute atomic E-state index is 0.291. The highest BCUT2D eigenvalue weighted by molar-refractivity contribution is 5.93. The van der Waals surface area contributed by atoms with Crippen molar-refractivity contribution in [3.63, 3.8) is 0 Å². The van der Waals surface area contributed by atoms with Crippen molar-refractivity contribution in [2.45, 2.75) is 40.5 Å². The largest absolute Gasteiger partial charge is 0.465 e. The number of benzene rings is 1. The van der Waals surface area contributed by atoms with Gasteiger partial charge in [-0.1, -0.05) is 50.6 Å². The van der Waals surface area contributed by atoms with Crippen LogP contribution in [0.1, 0.15) is 48.0 Å².